The Bertz CT molecular complexity index is 590. The number of hydrogen-bond acceptors (Lipinski definition) is 3. The number of halogens is 1. The standard InChI is InChI=1S/C16H17BrN2O2/c1-21-15-14(8-5-10-18-15)16(20)19(11-9-17)12-13-6-3-2-4-7-13/h2-8,10H,9,11-12H2,1H3. The van der Waals surface area contributed by atoms with Crippen molar-refractivity contribution in [3.05, 3.63) is 59.8 Å². The number of carbonyl (C=O) groups excluding carboxylic acids is 1. The van der Waals surface area contributed by atoms with Crippen LogP contribution in [0.3, 0.4) is 0 Å². The highest BCUT2D eigenvalue weighted by Crippen LogP contribution is 2.18. The Morgan fingerprint density at radius 3 is 2.67 bits per heavy atom. The molecule has 0 N–H and O–H groups in total. The minimum Gasteiger partial charge on any atom is -0.480 e. The molecule has 1 aromatic heterocycles. The topological polar surface area (TPSA) is 42.4 Å². The molecule has 0 saturated carbocycles. The maximum atomic E-state index is 12.7. The average molecular weight is 349 g/mol. The predicted octanol–water partition coefficient (Wildman–Crippen LogP) is 3.13. The molecule has 1 heterocycles. The molecule has 21 heavy (non-hydrogen) atoms. The smallest absolute Gasteiger partial charge is 0.259 e. The van der Waals surface area contributed by atoms with Gasteiger partial charge in [-0.2, -0.15) is 0 Å². The third kappa shape index (κ3) is 4.04. The fourth-order valence-corrected chi connectivity index (χ4v) is 2.47. The van der Waals surface area contributed by atoms with Gasteiger partial charge in [-0.25, -0.2) is 4.98 Å². The molecule has 1 amide bonds. The van der Waals surface area contributed by atoms with Gasteiger partial charge in [0.05, 0.1) is 7.11 Å². The van der Waals surface area contributed by atoms with Crippen LogP contribution in [-0.2, 0) is 6.54 Å². The number of alkyl halides is 1. The first-order valence-electron chi connectivity index (χ1n) is 6.64. The van der Waals surface area contributed by atoms with Crippen LogP contribution in [-0.4, -0.2) is 34.8 Å². The number of benzene rings is 1. The number of amides is 1. The number of hydrogen-bond donors (Lipinski definition) is 0. The lowest BCUT2D eigenvalue weighted by atomic mass is 10.2. The van der Waals surface area contributed by atoms with Crippen LogP contribution < -0.4 is 4.74 Å². The van der Waals surface area contributed by atoms with Crippen LogP contribution in [0, 0.1) is 0 Å². The van der Waals surface area contributed by atoms with E-state index < -0.39 is 0 Å². The molecule has 0 unspecified atom stereocenters. The fourth-order valence-electron chi connectivity index (χ4n) is 2.04. The summed E-state index contributed by atoms with van der Waals surface area (Å²) in [4.78, 5) is 18.6. The van der Waals surface area contributed by atoms with E-state index in [1.54, 1.807) is 23.2 Å². The van der Waals surface area contributed by atoms with Crippen molar-refractivity contribution in [2.24, 2.45) is 0 Å². The van der Waals surface area contributed by atoms with E-state index >= 15 is 0 Å². The van der Waals surface area contributed by atoms with Crippen molar-refractivity contribution in [2.45, 2.75) is 6.54 Å². The summed E-state index contributed by atoms with van der Waals surface area (Å²) in [5, 5.41) is 0.716. The molecule has 0 aliphatic rings. The molecule has 0 aliphatic heterocycles. The molecule has 1 aromatic carbocycles. The Balaban J connectivity index is 2.23. The molecular weight excluding hydrogens is 332 g/mol. The van der Waals surface area contributed by atoms with Gasteiger partial charge in [0.2, 0.25) is 5.88 Å². The lowest BCUT2D eigenvalue weighted by Crippen LogP contribution is -2.32. The van der Waals surface area contributed by atoms with Crippen LogP contribution in [0.5, 0.6) is 5.88 Å². The predicted molar refractivity (Wildman–Crippen MR) is 85.8 cm³/mol. The van der Waals surface area contributed by atoms with Crippen LogP contribution in [0.2, 0.25) is 0 Å². The van der Waals surface area contributed by atoms with E-state index in [2.05, 4.69) is 20.9 Å². The van der Waals surface area contributed by atoms with Crippen molar-refractivity contribution in [1.82, 2.24) is 9.88 Å². The average Bonchev–Trinajstić information content (AvgIpc) is 2.54. The minimum absolute atomic E-state index is 0.0803. The first-order chi connectivity index (χ1) is 10.3. The molecule has 0 saturated heterocycles. The molecule has 0 bridgehead atoms. The number of nitrogens with zero attached hydrogens (tertiary/aromatic N) is 2. The first kappa shape index (κ1) is 15.5. The fraction of sp³-hybridized carbons (Fsp3) is 0.250. The first-order valence-corrected chi connectivity index (χ1v) is 7.76. The summed E-state index contributed by atoms with van der Waals surface area (Å²) in [6.45, 7) is 1.18. The summed E-state index contributed by atoms with van der Waals surface area (Å²) in [5.74, 6) is 0.276. The zero-order valence-electron chi connectivity index (χ0n) is 11.8. The van der Waals surface area contributed by atoms with Crippen LogP contribution in [0.4, 0.5) is 0 Å². The quantitative estimate of drug-likeness (QED) is 0.753. The number of aromatic nitrogens is 1. The molecule has 110 valence electrons. The SMILES string of the molecule is COc1ncccc1C(=O)N(CCBr)Cc1ccccc1. The summed E-state index contributed by atoms with van der Waals surface area (Å²) in [6.07, 6.45) is 1.61. The highest BCUT2D eigenvalue weighted by molar-refractivity contribution is 9.09. The molecule has 4 nitrogen and oxygen atoms in total. The van der Waals surface area contributed by atoms with Gasteiger partial charge in [0, 0.05) is 24.6 Å². The van der Waals surface area contributed by atoms with Crippen LogP contribution in [0.15, 0.2) is 48.7 Å². The molecule has 0 aliphatic carbocycles. The van der Waals surface area contributed by atoms with E-state index in [0.29, 0.717) is 29.9 Å². The number of pyridine rings is 1. The normalized spacial score (nSPS) is 10.2. The van der Waals surface area contributed by atoms with E-state index in [1.807, 2.05) is 30.3 Å². The van der Waals surface area contributed by atoms with Crippen molar-refractivity contribution >= 4 is 21.8 Å². The van der Waals surface area contributed by atoms with Gasteiger partial charge in [0.1, 0.15) is 5.56 Å². The van der Waals surface area contributed by atoms with Gasteiger partial charge in [-0.15, -0.1) is 0 Å². The summed E-state index contributed by atoms with van der Waals surface area (Å²) < 4.78 is 5.17. The van der Waals surface area contributed by atoms with Crippen molar-refractivity contribution < 1.29 is 9.53 Å². The minimum atomic E-state index is -0.0803. The monoisotopic (exact) mass is 348 g/mol. The van der Waals surface area contributed by atoms with Gasteiger partial charge < -0.3 is 9.64 Å². The molecule has 5 heteroatoms. The Labute approximate surface area is 132 Å². The van der Waals surface area contributed by atoms with E-state index in [0.717, 1.165) is 5.56 Å². The zero-order chi connectivity index (χ0) is 15.1. The highest BCUT2D eigenvalue weighted by atomic mass is 79.9. The third-order valence-corrected chi connectivity index (χ3v) is 3.41. The van der Waals surface area contributed by atoms with Crippen LogP contribution in [0.25, 0.3) is 0 Å². The second-order valence-electron chi connectivity index (χ2n) is 4.46. The molecule has 0 spiro atoms. The molecule has 0 fully saturated rings. The van der Waals surface area contributed by atoms with Crippen molar-refractivity contribution in [3.63, 3.8) is 0 Å². The molecule has 2 aromatic rings. The molecule has 0 atom stereocenters. The molecule has 2 rings (SSSR count). The summed E-state index contributed by atoms with van der Waals surface area (Å²) in [6, 6.07) is 13.4. The van der Waals surface area contributed by atoms with E-state index in [4.69, 9.17) is 4.74 Å². The van der Waals surface area contributed by atoms with Crippen molar-refractivity contribution in [3.8, 4) is 5.88 Å². The van der Waals surface area contributed by atoms with Gasteiger partial charge in [-0.05, 0) is 17.7 Å². The third-order valence-electron chi connectivity index (χ3n) is 3.05. The zero-order valence-corrected chi connectivity index (χ0v) is 13.4. The van der Waals surface area contributed by atoms with Crippen LogP contribution in [0.1, 0.15) is 15.9 Å². The van der Waals surface area contributed by atoms with E-state index in [9.17, 15) is 4.79 Å². The number of rotatable bonds is 6. The number of methoxy groups -OCH3 is 1. The maximum Gasteiger partial charge on any atom is 0.259 e. The second kappa shape index (κ2) is 7.78. The Morgan fingerprint density at radius 1 is 1.24 bits per heavy atom. The van der Waals surface area contributed by atoms with Crippen molar-refractivity contribution in [2.75, 3.05) is 19.0 Å². The van der Waals surface area contributed by atoms with Gasteiger partial charge >= 0.3 is 0 Å². The Kier molecular flexibility index (Phi) is 5.75. The summed E-state index contributed by atoms with van der Waals surface area (Å²) in [7, 11) is 1.52. The second-order valence-corrected chi connectivity index (χ2v) is 5.25. The lowest BCUT2D eigenvalue weighted by Gasteiger charge is -2.22. The van der Waals surface area contributed by atoms with Gasteiger partial charge in [0.15, 0.2) is 0 Å². The van der Waals surface area contributed by atoms with Gasteiger partial charge in [-0.1, -0.05) is 46.3 Å². The van der Waals surface area contributed by atoms with E-state index in [1.165, 1.54) is 7.11 Å². The number of ether oxygens (including phenoxy) is 1. The lowest BCUT2D eigenvalue weighted by molar-refractivity contribution is 0.0750. The van der Waals surface area contributed by atoms with Gasteiger partial charge in [-0.3, -0.25) is 4.79 Å². The molecular formula is C16H17BrN2O2. The summed E-state index contributed by atoms with van der Waals surface area (Å²) >= 11 is 3.40. The van der Waals surface area contributed by atoms with Crippen LogP contribution >= 0.6 is 15.9 Å². The highest BCUT2D eigenvalue weighted by Gasteiger charge is 2.19. The van der Waals surface area contributed by atoms with Crippen molar-refractivity contribution in [1.29, 1.82) is 0 Å². The largest absolute Gasteiger partial charge is 0.480 e. The maximum absolute atomic E-state index is 12.7. The van der Waals surface area contributed by atoms with E-state index in [-0.39, 0.29) is 5.91 Å². The Hall–Kier alpha value is -1.88. The number of carbonyl (C=O) groups is 1. The Morgan fingerprint density at radius 2 is 2.00 bits per heavy atom. The summed E-state index contributed by atoms with van der Waals surface area (Å²) in [5.41, 5.74) is 1.58. The van der Waals surface area contributed by atoms with Gasteiger partial charge in [0.25, 0.3) is 5.91 Å². The molecule has 0 radical (unpaired) electrons.